The molecule has 1 aromatic carbocycles. The van der Waals surface area contributed by atoms with Crippen LogP contribution in [0.3, 0.4) is 0 Å². The molecule has 27 heavy (non-hydrogen) atoms. The van der Waals surface area contributed by atoms with Crippen molar-refractivity contribution >= 4 is 21.4 Å². The molecular formula is C18H24N4O4S. The summed E-state index contributed by atoms with van der Waals surface area (Å²) in [7, 11) is -1.73. The average Bonchev–Trinajstić information content (AvgIpc) is 2.68. The maximum atomic E-state index is 12.7. The number of nitro groups is 1. The summed E-state index contributed by atoms with van der Waals surface area (Å²) >= 11 is 0. The molecule has 1 N–H and O–H groups in total. The molecule has 0 spiro atoms. The van der Waals surface area contributed by atoms with Crippen LogP contribution < -0.4 is 5.32 Å². The molecule has 0 bridgehead atoms. The Balaban J connectivity index is 1.77. The first kappa shape index (κ1) is 19.4. The van der Waals surface area contributed by atoms with Crippen molar-refractivity contribution in [1.82, 2.24) is 9.21 Å². The van der Waals surface area contributed by atoms with Gasteiger partial charge < -0.3 is 10.2 Å². The lowest BCUT2D eigenvalue weighted by atomic mass is 9.97. The Hall–Kier alpha value is -2.39. The minimum Gasteiger partial charge on any atom is -0.379 e. The number of benzene rings is 1. The molecular weight excluding hydrogens is 368 g/mol. The monoisotopic (exact) mass is 392 g/mol. The molecule has 1 fully saturated rings. The molecule has 0 aliphatic carbocycles. The third-order valence-corrected chi connectivity index (χ3v) is 6.71. The number of hydrogen-bond donors (Lipinski definition) is 1. The fraction of sp³-hybridized carbons (Fsp3) is 0.444. The predicted octanol–water partition coefficient (Wildman–Crippen LogP) is 2.42. The van der Waals surface area contributed by atoms with Crippen molar-refractivity contribution in [3.05, 3.63) is 52.7 Å². The molecule has 0 amide bonds. The molecule has 2 heterocycles. The fourth-order valence-electron chi connectivity index (χ4n) is 3.26. The van der Waals surface area contributed by atoms with E-state index >= 15 is 0 Å². The van der Waals surface area contributed by atoms with Crippen LogP contribution in [0, 0.1) is 16.0 Å². The first-order valence-electron chi connectivity index (χ1n) is 8.94. The second-order valence-corrected chi connectivity index (χ2v) is 8.80. The van der Waals surface area contributed by atoms with Gasteiger partial charge in [0.25, 0.3) is 15.7 Å². The molecule has 0 saturated carbocycles. The zero-order valence-corrected chi connectivity index (χ0v) is 16.1. The lowest BCUT2D eigenvalue weighted by molar-refractivity contribution is -0.384. The summed E-state index contributed by atoms with van der Waals surface area (Å²) in [5.74, 6) is 0.453. The van der Waals surface area contributed by atoms with E-state index in [0.717, 1.165) is 36.3 Å². The van der Waals surface area contributed by atoms with Crippen molar-refractivity contribution in [2.75, 3.05) is 38.5 Å². The quantitative estimate of drug-likeness (QED) is 0.590. The van der Waals surface area contributed by atoms with Crippen LogP contribution in [0.4, 0.5) is 11.4 Å². The van der Waals surface area contributed by atoms with Crippen molar-refractivity contribution in [1.29, 1.82) is 0 Å². The summed E-state index contributed by atoms with van der Waals surface area (Å²) in [5.41, 5.74) is 0.132. The minimum atomic E-state index is -3.82. The number of sulfonamides is 1. The highest BCUT2D eigenvalue weighted by atomic mass is 32.2. The van der Waals surface area contributed by atoms with Crippen LogP contribution >= 0.6 is 0 Å². The van der Waals surface area contributed by atoms with Gasteiger partial charge in [0.05, 0.1) is 16.4 Å². The normalized spacial score (nSPS) is 18.6. The summed E-state index contributed by atoms with van der Waals surface area (Å²) in [6.45, 7) is 2.88. The van der Waals surface area contributed by atoms with Crippen molar-refractivity contribution in [3.8, 4) is 0 Å². The maximum absolute atomic E-state index is 12.7. The minimum absolute atomic E-state index is 0.0843. The third kappa shape index (κ3) is 4.48. The van der Waals surface area contributed by atoms with E-state index in [0.29, 0.717) is 18.2 Å². The zero-order chi connectivity index (χ0) is 19.4. The van der Waals surface area contributed by atoms with E-state index in [2.05, 4.69) is 17.3 Å². The van der Waals surface area contributed by atoms with Gasteiger partial charge in [-0.3, -0.25) is 14.4 Å². The second-order valence-electron chi connectivity index (χ2n) is 6.91. The van der Waals surface area contributed by atoms with Crippen molar-refractivity contribution < 1.29 is 13.3 Å². The standard InChI is InChI=1S/C18H24N4O4S/c1-20-11-7-15(8-12-20)14-19-17-6-5-16(13-18(17)22(23)24)27(25,26)21-9-3-2-4-10-21/h2-6,9,13,15,19H,7-8,10-12,14H2,1H3. The summed E-state index contributed by atoms with van der Waals surface area (Å²) < 4.78 is 26.6. The highest BCUT2D eigenvalue weighted by Gasteiger charge is 2.26. The Morgan fingerprint density at radius 1 is 1.26 bits per heavy atom. The lowest BCUT2D eigenvalue weighted by Gasteiger charge is -2.29. The zero-order valence-electron chi connectivity index (χ0n) is 15.2. The number of anilines is 1. The number of nitro benzene ring substituents is 1. The van der Waals surface area contributed by atoms with Crippen molar-refractivity contribution in [2.24, 2.45) is 5.92 Å². The van der Waals surface area contributed by atoms with E-state index in [1.807, 2.05) is 0 Å². The van der Waals surface area contributed by atoms with Crippen LogP contribution in [0.25, 0.3) is 0 Å². The fourth-order valence-corrected chi connectivity index (χ4v) is 4.54. The molecule has 146 valence electrons. The molecule has 0 radical (unpaired) electrons. The van der Waals surface area contributed by atoms with Crippen LogP contribution in [-0.4, -0.2) is 55.8 Å². The number of hydrogen-bond acceptors (Lipinski definition) is 6. The Labute approximate surface area is 159 Å². The number of nitrogens with one attached hydrogen (secondary N) is 1. The largest absolute Gasteiger partial charge is 0.379 e. The number of piperidine rings is 1. The Morgan fingerprint density at radius 3 is 2.63 bits per heavy atom. The predicted molar refractivity (Wildman–Crippen MR) is 104 cm³/mol. The van der Waals surface area contributed by atoms with Gasteiger partial charge in [0.2, 0.25) is 0 Å². The highest BCUT2D eigenvalue weighted by molar-refractivity contribution is 7.89. The van der Waals surface area contributed by atoms with Crippen molar-refractivity contribution in [2.45, 2.75) is 17.7 Å². The van der Waals surface area contributed by atoms with Crippen LogP contribution in [-0.2, 0) is 10.0 Å². The van der Waals surface area contributed by atoms with E-state index in [1.54, 1.807) is 18.2 Å². The Bertz CT molecular complexity index is 858. The molecule has 8 nitrogen and oxygen atoms in total. The van der Waals surface area contributed by atoms with E-state index in [-0.39, 0.29) is 17.1 Å². The number of rotatable bonds is 6. The van der Waals surface area contributed by atoms with Gasteiger partial charge >= 0.3 is 0 Å². The summed E-state index contributed by atoms with van der Waals surface area (Å²) in [6, 6.07) is 4.05. The van der Waals surface area contributed by atoms with Gasteiger partial charge in [0.15, 0.2) is 0 Å². The number of nitrogens with zero attached hydrogens (tertiary/aromatic N) is 3. The summed E-state index contributed by atoms with van der Waals surface area (Å²) in [4.78, 5) is 13.1. The van der Waals surface area contributed by atoms with Crippen molar-refractivity contribution in [3.63, 3.8) is 0 Å². The Morgan fingerprint density at radius 2 is 2.00 bits per heavy atom. The van der Waals surface area contributed by atoms with Crippen LogP contribution in [0.15, 0.2) is 47.5 Å². The number of allylic oxidation sites excluding steroid dienone is 2. The molecule has 9 heteroatoms. The van der Waals surface area contributed by atoms with Gasteiger partial charge in [-0.25, -0.2) is 8.42 Å². The molecule has 1 aromatic rings. The van der Waals surface area contributed by atoms with Crippen LogP contribution in [0.5, 0.6) is 0 Å². The molecule has 2 aliphatic heterocycles. The first-order chi connectivity index (χ1) is 12.9. The first-order valence-corrected chi connectivity index (χ1v) is 10.4. The summed E-state index contributed by atoms with van der Waals surface area (Å²) in [5, 5.41) is 14.6. The second kappa shape index (κ2) is 8.10. The van der Waals surface area contributed by atoms with E-state index in [1.165, 1.54) is 18.3 Å². The van der Waals surface area contributed by atoms with Gasteiger partial charge in [0.1, 0.15) is 5.69 Å². The van der Waals surface area contributed by atoms with Crippen LogP contribution in [0.1, 0.15) is 12.8 Å². The molecule has 1 saturated heterocycles. The Kier molecular flexibility index (Phi) is 5.81. The maximum Gasteiger partial charge on any atom is 0.293 e. The smallest absolute Gasteiger partial charge is 0.293 e. The highest BCUT2D eigenvalue weighted by Crippen LogP contribution is 2.30. The van der Waals surface area contributed by atoms with Gasteiger partial charge in [-0.05, 0) is 57.1 Å². The van der Waals surface area contributed by atoms with E-state index in [4.69, 9.17) is 0 Å². The van der Waals surface area contributed by atoms with Gasteiger partial charge in [-0.2, -0.15) is 0 Å². The number of likely N-dealkylation sites (tertiary alicyclic amines) is 1. The van der Waals surface area contributed by atoms with Gasteiger partial charge in [-0.1, -0.05) is 12.2 Å². The van der Waals surface area contributed by atoms with E-state index < -0.39 is 14.9 Å². The molecule has 0 aromatic heterocycles. The molecule has 0 atom stereocenters. The SMILES string of the molecule is CN1CCC(CNc2ccc(S(=O)(=O)N3C=CC=CC3)cc2[N+](=O)[O-])CC1. The molecule has 0 unspecified atom stereocenters. The molecule has 2 aliphatic rings. The van der Waals surface area contributed by atoms with Gasteiger partial charge in [0, 0.05) is 18.8 Å². The topological polar surface area (TPSA) is 95.8 Å². The third-order valence-electron chi connectivity index (χ3n) is 4.98. The van der Waals surface area contributed by atoms with Crippen LogP contribution in [0.2, 0.25) is 0 Å². The average molecular weight is 392 g/mol. The van der Waals surface area contributed by atoms with E-state index in [9.17, 15) is 18.5 Å². The molecule has 3 rings (SSSR count). The lowest BCUT2D eigenvalue weighted by Crippen LogP contribution is -2.33. The van der Waals surface area contributed by atoms with Gasteiger partial charge in [-0.15, -0.1) is 0 Å². The summed E-state index contributed by atoms with van der Waals surface area (Å²) in [6.07, 6.45) is 8.62.